The first kappa shape index (κ1) is 12.2. The monoisotopic (exact) mass is 302 g/mol. The normalized spacial score (nSPS) is 9.56. The molecule has 1 N–H and O–H groups in total. The van der Waals surface area contributed by atoms with Gasteiger partial charge in [-0.15, -0.1) is 0 Å². The largest absolute Gasteiger partial charge is 0.305 e. The smallest absolute Gasteiger partial charge is 0.276 e. The van der Waals surface area contributed by atoms with Crippen LogP contribution in [0.4, 0.5) is 5.82 Å². The Balaban J connectivity index is 2.17. The first-order chi connectivity index (χ1) is 8.70. The van der Waals surface area contributed by atoms with Gasteiger partial charge in [0.2, 0.25) is 0 Å². The Bertz CT molecular complexity index is 619. The molecular weight excluding hydrogens is 296 g/mol. The highest BCUT2D eigenvalue weighted by Gasteiger charge is 2.11. The molecule has 2 aromatic heterocycles. The summed E-state index contributed by atoms with van der Waals surface area (Å²) in [6, 6.07) is 8.55. The van der Waals surface area contributed by atoms with E-state index in [1.54, 1.807) is 24.3 Å². The van der Waals surface area contributed by atoms with E-state index in [0.717, 1.165) is 0 Å². The third-order valence-electron chi connectivity index (χ3n) is 2.11. The molecule has 5 nitrogen and oxygen atoms in total. The second-order valence-electron chi connectivity index (χ2n) is 3.33. The van der Waals surface area contributed by atoms with Crippen molar-refractivity contribution in [2.45, 2.75) is 0 Å². The van der Waals surface area contributed by atoms with Gasteiger partial charge < -0.3 is 5.32 Å². The maximum atomic E-state index is 11.9. The second-order valence-corrected chi connectivity index (χ2v) is 4.19. The summed E-state index contributed by atoms with van der Waals surface area (Å²) in [5.41, 5.74) is 0.718. The average molecular weight is 303 g/mol. The topological polar surface area (TPSA) is 78.7 Å². The fourth-order valence-corrected chi connectivity index (χ4v) is 1.70. The number of hydrogen-bond acceptors (Lipinski definition) is 4. The molecule has 0 atom stereocenters. The van der Waals surface area contributed by atoms with Crippen molar-refractivity contribution in [3.63, 3.8) is 0 Å². The van der Waals surface area contributed by atoms with Crippen LogP contribution in [0.1, 0.15) is 16.1 Å². The van der Waals surface area contributed by atoms with Crippen LogP contribution in [-0.2, 0) is 0 Å². The van der Waals surface area contributed by atoms with Crippen molar-refractivity contribution in [3.05, 3.63) is 52.4 Å². The highest BCUT2D eigenvalue weighted by molar-refractivity contribution is 9.10. The van der Waals surface area contributed by atoms with Crippen molar-refractivity contribution >= 4 is 27.7 Å². The molecule has 2 rings (SSSR count). The second kappa shape index (κ2) is 5.38. The molecule has 1 amide bonds. The van der Waals surface area contributed by atoms with E-state index < -0.39 is 0 Å². The highest BCUT2D eigenvalue weighted by atomic mass is 79.9. The van der Waals surface area contributed by atoms with E-state index in [2.05, 4.69) is 31.2 Å². The molecule has 0 radical (unpaired) electrons. The molecule has 0 saturated carbocycles. The van der Waals surface area contributed by atoms with Gasteiger partial charge in [-0.3, -0.25) is 4.79 Å². The Kier molecular flexibility index (Phi) is 3.65. The summed E-state index contributed by atoms with van der Waals surface area (Å²) in [7, 11) is 0. The number of nitriles is 1. The summed E-state index contributed by atoms with van der Waals surface area (Å²) in [5, 5.41) is 11.2. The summed E-state index contributed by atoms with van der Waals surface area (Å²) in [5.74, 6) is 0.0104. The Hall–Kier alpha value is -2.26. The molecule has 0 aromatic carbocycles. The minimum atomic E-state index is -0.361. The molecule has 0 fully saturated rings. The SMILES string of the molecule is N#Cc1ccc(NC(=O)c2ncccc2Br)nc1. The van der Waals surface area contributed by atoms with Crippen molar-refractivity contribution in [1.82, 2.24) is 9.97 Å². The number of nitrogens with one attached hydrogen (secondary N) is 1. The van der Waals surface area contributed by atoms with Crippen LogP contribution >= 0.6 is 15.9 Å². The summed E-state index contributed by atoms with van der Waals surface area (Å²) in [4.78, 5) is 19.8. The zero-order chi connectivity index (χ0) is 13.0. The number of aromatic nitrogens is 2. The molecule has 6 heteroatoms. The van der Waals surface area contributed by atoms with Crippen molar-refractivity contribution in [2.24, 2.45) is 0 Å². The Labute approximate surface area is 112 Å². The average Bonchev–Trinajstić information content (AvgIpc) is 2.40. The fourth-order valence-electron chi connectivity index (χ4n) is 1.26. The first-order valence-corrected chi connectivity index (χ1v) is 5.78. The van der Waals surface area contributed by atoms with Gasteiger partial charge in [0.25, 0.3) is 5.91 Å². The molecule has 2 aromatic rings. The number of carbonyl (C=O) groups excluding carboxylic acids is 1. The number of hydrogen-bond donors (Lipinski definition) is 1. The minimum absolute atomic E-state index is 0.281. The predicted molar refractivity (Wildman–Crippen MR) is 68.8 cm³/mol. The van der Waals surface area contributed by atoms with Crippen molar-refractivity contribution in [1.29, 1.82) is 5.26 Å². The molecule has 0 bridgehead atoms. The molecular formula is C12H7BrN4O. The Morgan fingerprint density at radius 2 is 2.17 bits per heavy atom. The number of halogens is 1. The van der Waals surface area contributed by atoms with E-state index in [4.69, 9.17) is 5.26 Å². The number of carbonyl (C=O) groups is 1. The zero-order valence-electron chi connectivity index (χ0n) is 9.09. The number of anilines is 1. The number of nitrogens with zero attached hydrogens (tertiary/aromatic N) is 3. The molecule has 0 saturated heterocycles. The number of rotatable bonds is 2. The van der Waals surface area contributed by atoms with Crippen LogP contribution in [0.5, 0.6) is 0 Å². The molecule has 0 unspecified atom stereocenters. The van der Waals surface area contributed by atoms with Crippen molar-refractivity contribution < 1.29 is 4.79 Å². The van der Waals surface area contributed by atoms with Crippen LogP contribution in [-0.4, -0.2) is 15.9 Å². The highest BCUT2D eigenvalue weighted by Crippen LogP contribution is 2.14. The van der Waals surface area contributed by atoms with Crippen LogP contribution in [0.3, 0.4) is 0 Å². The van der Waals surface area contributed by atoms with E-state index in [-0.39, 0.29) is 11.6 Å². The van der Waals surface area contributed by atoms with Crippen LogP contribution in [0.15, 0.2) is 41.1 Å². The van der Waals surface area contributed by atoms with Gasteiger partial charge >= 0.3 is 0 Å². The predicted octanol–water partition coefficient (Wildman–Crippen LogP) is 2.36. The summed E-state index contributed by atoms with van der Waals surface area (Å²) >= 11 is 3.25. The molecule has 0 spiro atoms. The lowest BCUT2D eigenvalue weighted by Gasteiger charge is -2.04. The standard InChI is InChI=1S/C12H7BrN4O/c13-9-2-1-5-15-11(9)12(18)17-10-4-3-8(6-14)7-16-10/h1-5,7H,(H,16,17,18). The van der Waals surface area contributed by atoms with E-state index >= 15 is 0 Å². The van der Waals surface area contributed by atoms with Gasteiger partial charge in [0.15, 0.2) is 0 Å². The molecule has 18 heavy (non-hydrogen) atoms. The molecule has 88 valence electrons. The summed E-state index contributed by atoms with van der Waals surface area (Å²) < 4.78 is 0.608. The molecule has 2 heterocycles. The zero-order valence-corrected chi connectivity index (χ0v) is 10.7. The van der Waals surface area contributed by atoms with Gasteiger partial charge in [-0.25, -0.2) is 9.97 Å². The molecule has 0 aliphatic carbocycles. The van der Waals surface area contributed by atoms with Gasteiger partial charge in [-0.2, -0.15) is 5.26 Å². The maximum Gasteiger partial charge on any atom is 0.276 e. The lowest BCUT2D eigenvalue weighted by atomic mass is 10.3. The molecule has 0 aliphatic heterocycles. The lowest BCUT2D eigenvalue weighted by Crippen LogP contribution is -2.15. The van der Waals surface area contributed by atoms with E-state index in [9.17, 15) is 4.79 Å². The van der Waals surface area contributed by atoms with Gasteiger partial charge in [0.05, 0.1) is 5.56 Å². The Morgan fingerprint density at radius 1 is 1.33 bits per heavy atom. The fraction of sp³-hybridized carbons (Fsp3) is 0. The van der Waals surface area contributed by atoms with Crippen LogP contribution in [0, 0.1) is 11.3 Å². The van der Waals surface area contributed by atoms with Crippen LogP contribution in [0.2, 0.25) is 0 Å². The van der Waals surface area contributed by atoms with E-state index in [0.29, 0.717) is 15.9 Å². The number of pyridine rings is 2. The van der Waals surface area contributed by atoms with Gasteiger partial charge in [0.1, 0.15) is 17.6 Å². The first-order valence-electron chi connectivity index (χ1n) is 4.99. The van der Waals surface area contributed by atoms with Gasteiger partial charge in [-0.05, 0) is 40.2 Å². The summed E-state index contributed by atoms with van der Waals surface area (Å²) in [6.45, 7) is 0. The lowest BCUT2D eigenvalue weighted by molar-refractivity contribution is 0.102. The van der Waals surface area contributed by atoms with Gasteiger partial charge in [-0.1, -0.05) is 0 Å². The van der Waals surface area contributed by atoms with Crippen LogP contribution < -0.4 is 5.32 Å². The quantitative estimate of drug-likeness (QED) is 0.923. The van der Waals surface area contributed by atoms with Crippen molar-refractivity contribution in [2.75, 3.05) is 5.32 Å². The minimum Gasteiger partial charge on any atom is -0.305 e. The van der Waals surface area contributed by atoms with E-state index in [1.165, 1.54) is 12.4 Å². The van der Waals surface area contributed by atoms with Gasteiger partial charge in [0, 0.05) is 16.9 Å². The maximum absolute atomic E-state index is 11.9. The number of amides is 1. The van der Waals surface area contributed by atoms with E-state index in [1.807, 2.05) is 6.07 Å². The van der Waals surface area contributed by atoms with Crippen molar-refractivity contribution in [3.8, 4) is 6.07 Å². The third-order valence-corrected chi connectivity index (χ3v) is 2.75. The molecule has 0 aliphatic rings. The third kappa shape index (κ3) is 2.70. The Morgan fingerprint density at radius 3 is 2.78 bits per heavy atom. The summed E-state index contributed by atoms with van der Waals surface area (Å²) in [6.07, 6.45) is 2.93. The van der Waals surface area contributed by atoms with Crippen LogP contribution in [0.25, 0.3) is 0 Å².